The molecular weight excluding hydrogens is 359 g/mol. The van der Waals surface area contributed by atoms with Gasteiger partial charge in [0.1, 0.15) is 0 Å². The SMILES string of the molecule is C[C@@H](C(=O)O)[C@H]1CC[C@H]2[C@@H]3CCC4C=C([PH](=O)O)CC[C@]4(C)[C@H]3CC[C@]12C. The molecule has 3 saturated carbocycles. The fraction of sp³-hybridized carbons (Fsp3) is 0.864. The molecule has 3 fully saturated rings. The largest absolute Gasteiger partial charge is 0.481 e. The van der Waals surface area contributed by atoms with Gasteiger partial charge in [-0.05, 0) is 91.8 Å². The second-order valence-corrected chi connectivity index (χ2v) is 11.7. The number of hydrogen-bond donors (Lipinski definition) is 2. The minimum atomic E-state index is -2.53. The molecule has 4 nitrogen and oxygen atoms in total. The topological polar surface area (TPSA) is 74.6 Å². The van der Waals surface area contributed by atoms with Gasteiger partial charge in [0.2, 0.25) is 8.03 Å². The van der Waals surface area contributed by atoms with Crippen LogP contribution in [0.4, 0.5) is 0 Å². The Labute approximate surface area is 163 Å². The third kappa shape index (κ3) is 2.89. The fourth-order valence-corrected chi connectivity index (χ4v) is 8.76. The molecule has 0 bridgehead atoms. The highest BCUT2D eigenvalue weighted by atomic mass is 31.1. The summed E-state index contributed by atoms with van der Waals surface area (Å²) in [6, 6.07) is 0. The maximum absolute atomic E-state index is 11.7. The molecule has 4 aliphatic rings. The average molecular weight is 394 g/mol. The van der Waals surface area contributed by atoms with Crippen LogP contribution in [0.5, 0.6) is 0 Å². The molecule has 0 aliphatic heterocycles. The van der Waals surface area contributed by atoms with Crippen LogP contribution in [0.25, 0.3) is 0 Å². The first-order chi connectivity index (χ1) is 12.7. The van der Waals surface area contributed by atoms with Gasteiger partial charge >= 0.3 is 5.97 Å². The van der Waals surface area contributed by atoms with E-state index in [9.17, 15) is 19.4 Å². The Kier molecular flexibility index (Phi) is 4.91. The lowest BCUT2D eigenvalue weighted by atomic mass is 9.45. The van der Waals surface area contributed by atoms with Crippen molar-refractivity contribution in [1.29, 1.82) is 0 Å². The molecule has 0 saturated heterocycles. The van der Waals surface area contributed by atoms with E-state index in [-0.39, 0.29) is 16.7 Å². The zero-order valence-corrected chi connectivity index (χ0v) is 17.9. The molecule has 0 aromatic rings. The normalized spacial score (nSPS) is 48.6. The number of rotatable bonds is 3. The Morgan fingerprint density at radius 2 is 1.81 bits per heavy atom. The monoisotopic (exact) mass is 394 g/mol. The third-order valence-corrected chi connectivity index (χ3v) is 10.6. The summed E-state index contributed by atoms with van der Waals surface area (Å²) in [4.78, 5) is 21.3. The second-order valence-electron chi connectivity index (χ2n) is 10.4. The molecule has 2 unspecified atom stereocenters. The number of carboxylic acid groups (broad SMARTS) is 1. The van der Waals surface area contributed by atoms with E-state index in [4.69, 9.17) is 0 Å². The van der Waals surface area contributed by atoms with Crippen LogP contribution in [0, 0.1) is 46.3 Å². The number of aliphatic carboxylic acids is 1. The van der Waals surface area contributed by atoms with Gasteiger partial charge in [0, 0.05) is 5.31 Å². The van der Waals surface area contributed by atoms with Crippen molar-refractivity contribution in [1.82, 2.24) is 0 Å². The van der Waals surface area contributed by atoms with Crippen molar-refractivity contribution < 1.29 is 19.4 Å². The molecule has 9 atom stereocenters. The predicted molar refractivity (Wildman–Crippen MR) is 107 cm³/mol. The first-order valence-electron chi connectivity index (χ1n) is 10.9. The van der Waals surface area contributed by atoms with Gasteiger partial charge in [-0.1, -0.05) is 26.8 Å². The summed E-state index contributed by atoms with van der Waals surface area (Å²) in [6.45, 7) is 6.73. The molecule has 0 heterocycles. The first-order valence-corrected chi connectivity index (χ1v) is 12.2. The fourth-order valence-electron chi connectivity index (χ4n) is 8.07. The van der Waals surface area contributed by atoms with Gasteiger partial charge < -0.3 is 10.00 Å². The van der Waals surface area contributed by atoms with Gasteiger partial charge in [0.05, 0.1) is 5.92 Å². The van der Waals surface area contributed by atoms with E-state index >= 15 is 0 Å². The van der Waals surface area contributed by atoms with Crippen molar-refractivity contribution in [2.24, 2.45) is 46.3 Å². The van der Waals surface area contributed by atoms with Crippen LogP contribution < -0.4 is 0 Å². The molecule has 152 valence electrons. The van der Waals surface area contributed by atoms with E-state index in [2.05, 4.69) is 19.9 Å². The Hall–Kier alpha value is -0.600. The van der Waals surface area contributed by atoms with Crippen molar-refractivity contribution in [2.45, 2.75) is 72.1 Å². The highest BCUT2D eigenvalue weighted by Gasteiger charge is 2.60. The Morgan fingerprint density at radius 1 is 1.11 bits per heavy atom. The molecule has 5 heteroatoms. The van der Waals surface area contributed by atoms with Crippen LogP contribution in [0.2, 0.25) is 0 Å². The maximum atomic E-state index is 11.7. The van der Waals surface area contributed by atoms with E-state index in [0.29, 0.717) is 29.6 Å². The highest BCUT2D eigenvalue weighted by molar-refractivity contribution is 7.43. The molecule has 4 aliphatic carbocycles. The molecule has 0 aromatic heterocycles. The quantitative estimate of drug-likeness (QED) is 0.635. The smallest absolute Gasteiger partial charge is 0.306 e. The minimum Gasteiger partial charge on any atom is -0.481 e. The highest BCUT2D eigenvalue weighted by Crippen LogP contribution is 2.68. The van der Waals surface area contributed by atoms with Crippen molar-refractivity contribution in [3.8, 4) is 0 Å². The summed E-state index contributed by atoms with van der Waals surface area (Å²) in [5, 5.41) is 10.4. The van der Waals surface area contributed by atoms with Gasteiger partial charge in [-0.2, -0.15) is 0 Å². The minimum absolute atomic E-state index is 0.175. The lowest BCUT2D eigenvalue weighted by Crippen LogP contribution is -2.52. The summed E-state index contributed by atoms with van der Waals surface area (Å²) in [6.07, 6.45) is 10.9. The van der Waals surface area contributed by atoms with Crippen LogP contribution in [-0.4, -0.2) is 16.0 Å². The predicted octanol–water partition coefficient (Wildman–Crippen LogP) is 5.33. The van der Waals surface area contributed by atoms with Crippen LogP contribution in [0.1, 0.15) is 72.1 Å². The van der Waals surface area contributed by atoms with E-state index < -0.39 is 14.0 Å². The third-order valence-electron chi connectivity index (χ3n) is 9.62. The van der Waals surface area contributed by atoms with E-state index in [1.165, 1.54) is 19.3 Å². The first kappa shape index (κ1) is 19.7. The summed E-state index contributed by atoms with van der Waals surface area (Å²) in [5.74, 6) is 1.93. The van der Waals surface area contributed by atoms with E-state index in [0.717, 1.165) is 37.4 Å². The van der Waals surface area contributed by atoms with E-state index in [1.54, 1.807) is 0 Å². The standard InChI is InChI=1S/C22H35O4P/c1-13(20(23)24)17-6-7-18-16-5-4-14-12-15(27(25)26)8-10-21(14,2)19(16)9-11-22(17,18)3/h12-14,16-19,27H,4-11H2,1-3H3,(H,23,24)(H,25,26)/t13-,14?,16+,17-,18+,19+,21+,22-/m1/s1. The molecule has 0 amide bonds. The van der Waals surface area contributed by atoms with Gasteiger partial charge in [0.25, 0.3) is 0 Å². The van der Waals surface area contributed by atoms with Crippen LogP contribution in [0.15, 0.2) is 11.4 Å². The maximum Gasteiger partial charge on any atom is 0.306 e. The number of carbonyl (C=O) groups is 1. The number of fused-ring (bicyclic) bond motifs is 5. The lowest BCUT2D eigenvalue weighted by Gasteiger charge is -2.60. The number of hydrogen-bond acceptors (Lipinski definition) is 2. The zero-order valence-electron chi connectivity index (χ0n) is 16.9. The Bertz CT molecular complexity index is 688. The van der Waals surface area contributed by atoms with Crippen molar-refractivity contribution in [3.05, 3.63) is 11.4 Å². The molecule has 0 aromatic carbocycles. The number of allylic oxidation sites excluding steroid dienone is 2. The van der Waals surface area contributed by atoms with Gasteiger partial charge in [-0.3, -0.25) is 9.36 Å². The molecule has 2 N–H and O–H groups in total. The molecule has 27 heavy (non-hydrogen) atoms. The lowest BCUT2D eigenvalue weighted by molar-refractivity contribution is -0.147. The molecule has 0 spiro atoms. The van der Waals surface area contributed by atoms with Gasteiger partial charge in [-0.15, -0.1) is 0 Å². The Morgan fingerprint density at radius 3 is 2.48 bits per heavy atom. The Balaban J connectivity index is 1.60. The average Bonchev–Trinajstić information content (AvgIpc) is 2.97. The molecule has 4 rings (SSSR count). The summed E-state index contributed by atoms with van der Waals surface area (Å²) in [5.41, 5.74) is 0.426. The second kappa shape index (κ2) is 6.73. The van der Waals surface area contributed by atoms with E-state index in [1.807, 2.05) is 6.92 Å². The summed E-state index contributed by atoms with van der Waals surface area (Å²) < 4.78 is 11.6. The van der Waals surface area contributed by atoms with Gasteiger partial charge in [-0.25, -0.2) is 0 Å². The van der Waals surface area contributed by atoms with Gasteiger partial charge in [0.15, 0.2) is 0 Å². The van der Waals surface area contributed by atoms with Crippen LogP contribution in [-0.2, 0) is 9.36 Å². The van der Waals surface area contributed by atoms with Crippen molar-refractivity contribution in [2.75, 3.05) is 0 Å². The zero-order chi connectivity index (χ0) is 19.6. The molecular formula is C22H35O4P. The summed E-state index contributed by atoms with van der Waals surface area (Å²) in [7, 11) is -2.53. The number of carboxylic acids is 1. The van der Waals surface area contributed by atoms with Crippen molar-refractivity contribution in [3.63, 3.8) is 0 Å². The van der Waals surface area contributed by atoms with Crippen LogP contribution >= 0.6 is 8.03 Å². The summed E-state index contributed by atoms with van der Waals surface area (Å²) >= 11 is 0. The van der Waals surface area contributed by atoms with Crippen LogP contribution in [0.3, 0.4) is 0 Å². The molecule has 0 radical (unpaired) electrons. The van der Waals surface area contributed by atoms with Crippen molar-refractivity contribution >= 4 is 14.0 Å².